The number of hydrogen-bond acceptors (Lipinski definition) is 4. The number of nitrogens with zero attached hydrogens (tertiary/aromatic N) is 3. The van der Waals surface area contributed by atoms with E-state index in [0.717, 1.165) is 11.1 Å². The summed E-state index contributed by atoms with van der Waals surface area (Å²) in [5, 5.41) is 9.70. The number of aromatic nitrogens is 4. The van der Waals surface area contributed by atoms with E-state index in [1.54, 1.807) is 18.6 Å². The third-order valence-corrected chi connectivity index (χ3v) is 3.14. The molecule has 1 unspecified atom stereocenters. The van der Waals surface area contributed by atoms with E-state index in [-0.39, 0.29) is 11.8 Å². The van der Waals surface area contributed by atoms with Gasteiger partial charge in [-0.1, -0.05) is 6.07 Å². The molecule has 0 radical (unpaired) electrons. The first kappa shape index (κ1) is 12.3. The maximum Gasteiger partial charge on any atom is 0.232 e. The van der Waals surface area contributed by atoms with E-state index >= 15 is 0 Å². The summed E-state index contributed by atoms with van der Waals surface area (Å²) in [6.07, 6.45) is 5.03. The van der Waals surface area contributed by atoms with Gasteiger partial charge in [0.15, 0.2) is 5.82 Å². The summed E-state index contributed by atoms with van der Waals surface area (Å²) in [7, 11) is 0. The van der Waals surface area contributed by atoms with Crippen LogP contribution in [0.3, 0.4) is 0 Å². The van der Waals surface area contributed by atoms with Gasteiger partial charge in [0, 0.05) is 18.6 Å². The molecule has 3 aromatic rings. The van der Waals surface area contributed by atoms with Crippen LogP contribution in [0.4, 0.5) is 5.82 Å². The number of nitrogens with one attached hydrogen (secondary N) is 2. The summed E-state index contributed by atoms with van der Waals surface area (Å²) in [6, 6.07) is 7.35. The highest BCUT2D eigenvalue weighted by Gasteiger charge is 2.17. The lowest BCUT2D eigenvalue weighted by Crippen LogP contribution is -2.19. The average molecular weight is 267 g/mol. The van der Waals surface area contributed by atoms with Gasteiger partial charge in [0.1, 0.15) is 5.52 Å². The van der Waals surface area contributed by atoms with E-state index in [1.807, 2.05) is 31.2 Å². The average Bonchev–Trinajstić information content (AvgIpc) is 2.91. The number of H-pyrrole nitrogens is 1. The molecule has 0 saturated heterocycles. The van der Waals surface area contributed by atoms with Crippen LogP contribution in [0.25, 0.3) is 11.0 Å². The molecule has 3 rings (SSSR count). The first-order valence-electron chi connectivity index (χ1n) is 6.25. The number of pyridine rings is 2. The molecule has 100 valence electrons. The molecule has 2 N–H and O–H groups in total. The van der Waals surface area contributed by atoms with Gasteiger partial charge in [0.2, 0.25) is 5.91 Å². The van der Waals surface area contributed by atoms with E-state index in [9.17, 15) is 4.79 Å². The van der Waals surface area contributed by atoms with Gasteiger partial charge in [-0.2, -0.15) is 5.10 Å². The van der Waals surface area contributed by atoms with Gasteiger partial charge in [-0.3, -0.25) is 19.9 Å². The van der Waals surface area contributed by atoms with Crippen molar-refractivity contribution in [2.45, 2.75) is 12.8 Å². The summed E-state index contributed by atoms with van der Waals surface area (Å²) in [6.45, 7) is 1.83. The van der Waals surface area contributed by atoms with E-state index in [4.69, 9.17) is 0 Å². The molecule has 1 atom stereocenters. The Morgan fingerprint density at radius 3 is 2.95 bits per heavy atom. The molecule has 0 aliphatic heterocycles. The van der Waals surface area contributed by atoms with Crippen LogP contribution in [-0.4, -0.2) is 26.1 Å². The molecule has 1 amide bonds. The second-order valence-electron chi connectivity index (χ2n) is 4.47. The zero-order chi connectivity index (χ0) is 13.9. The van der Waals surface area contributed by atoms with Crippen molar-refractivity contribution < 1.29 is 4.79 Å². The Morgan fingerprint density at radius 1 is 1.30 bits per heavy atom. The van der Waals surface area contributed by atoms with Gasteiger partial charge in [0.25, 0.3) is 0 Å². The predicted octanol–water partition coefficient (Wildman–Crippen LogP) is 2.10. The molecule has 0 bridgehead atoms. The Labute approximate surface area is 115 Å². The number of hydrogen-bond donors (Lipinski definition) is 2. The molecule has 0 saturated carbocycles. The number of rotatable bonds is 3. The fourth-order valence-corrected chi connectivity index (χ4v) is 1.95. The molecule has 6 nitrogen and oxygen atoms in total. The molecule has 6 heteroatoms. The van der Waals surface area contributed by atoms with E-state index < -0.39 is 0 Å². The van der Waals surface area contributed by atoms with Crippen LogP contribution in [0.2, 0.25) is 0 Å². The van der Waals surface area contributed by atoms with Crippen LogP contribution in [0, 0.1) is 0 Å². The first-order chi connectivity index (χ1) is 9.75. The maximum atomic E-state index is 12.2. The zero-order valence-corrected chi connectivity index (χ0v) is 10.9. The molecule has 0 aliphatic carbocycles. The third-order valence-electron chi connectivity index (χ3n) is 3.14. The second-order valence-corrected chi connectivity index (χ2v) is 4.47. The monoisotopic (exact) mass is 267 g/mol. The van der Waals surface area contributed by atoms with Crippen LogP contribution in [0.5, 0.6) is 0 Å². The third kappa shape index (κ3) is 2.23. The SMILES string of the molecule is CC(C(=O)Nc1n[nH]c2cccnc12)c1cccnc1. The lowest BCUT2D eigenvalue weighted by atomic mass is 10.0. The van der Waals surface area contributed by atoms with E-state index in [0.29, 0.717) is 11.3 Å². The summed E-state index contributed by atoms with van der Waals surface area (Å²) < 4.78 is 0. The van der Waals surface area contributed by atoms with Gasteiger partial charge in [-0.25, -0.2) is 0 Å². The van der Waals surface area contributed by atoms with Gasteiger partial charge in [-0.15, -0.1) is 0 Å². The van der Waals surface area contributed by atoms with Crippen molar-refractivity contribution in [3.8, 4) is 0 Å². The fraction of sp³-hybridized carbons (Fsp3) is 0.143. The second kappa shape index (κ2) is 5.08. The number of aromatic amines is 1. The zero-order valence-electron chi connectivity index (χ0n) is 10.9. The van der Waals surface area contributed by atoms with Gasteiger partial charge < -0.3 is 5.32 Å². The van der Waals surface area contributed by atoms with Gasteiger partial charge in [-0.05, 0) is 30.7 Å². The quantitative estimate of drug-likeness (QED) is 0.761. The molecule has 20 heavy (non-hydrogen) atoms. The van der Waals surface area contributed by atoms with E-state index in [2.05, 4.69) is 25.5 Å². The molecule has 0 spiro atoms. The molecule has 0 fully saturated rings. The summed E-state index contributed by atoms with van der Waals surface area (Å²) in [5.74, 6) is -0.00226. The van der Waals surface area contributed by atoms with Crippen LogP contribution in [-0.2, 0) is 4.79 Å². The van der Waals surface area contributed by atoms with Gasteiger partial charge >= 0.3 is 0 Å². The minimum atomic E-state index is -0.306. The standard InChI is InChI=1S/C14H13N5O/c1-9(10-4-2-6-15-8-10)14(20)17-13-12-11(18-19-13)5-3-7-16-12/h2-9H,1H3,(H2,17,18,19,20). The maximum absolute atomic E-state index is 12.2. The van der Waals surface area contributed by atoms with Crippen LogP contribution >= 0.6 is 0 Å². The normalized spacial score (nSPS) is 12.2. The molecular weight excluding hydrogens is 254 g/mol. The van der Waals surface area contributed by atoms with Crippen molar-refractivity contribution in [3.05, 3.63) is 48.4 Å². The Balaban J connectivity index is 1.82. The van der Waals surface area contributed by atoms with Crippen molar-refractivity contribution in [1.82, 2.24) is 20.2 Å². The van der Waals surface area contributed by atoms with Crippen molar-refractivity contribution >= 4 is 22.8 Å². The van der Waals surface area contributed by atoms with Crippen LogP contribution in [0.1, 0.15) is 18.4 Å². The van der Waals surface area contributed by atoms with Crippen molar-refractivity contribution in [3.63, 3.8) is 0 Å². The molecule has 3 aromatic heterocycles. The van der Waals surface area contributed by atoms with Crippen molar-refractivity contribution in [1.29, 1.82) is 0 Å². The number of carbonyl (C=O) groups excluding carboxylic acids is 1. The largest absolute Gasteiger partial charge is 0.307 e. The van der Waals surface area contributed by atoms with Crippen molar-refractivity contribution in [2.24, 2.45) is 0 Å². The highest BCUT2D eigenvalue weighted by molar-refractivity contribution is 6.00. The Morgan fingerprint density at radius 2 is 2.15 bits per heavy atom. The minimum Gasteiger partial charge on any atom is -0.307 e. The first-order valence-corrected chi connectivity index (χ1v) is 6.25. The van der Waals surface area contributed by atoms with Crippen LogP contribution < -0.4 is 5.32 Å². The van der Waals surface area contributed by atoms with E-state index in [1.165, 1.54) is 0 Å². The van der Waals surface area contributed by atoms with Gasteiger partial charge in [0.05, 0.1) is 11.4 Å². The molecule has 0 aromatic carbocycles. The van der Waals surface area contributed by atoms with Crippen LogP contribution in [0.15, 0.2) is 42.9 Å². The number of amides is 1. The van der Waals surface area contributed by atoms with Crippen molar-refractivity contribution in [2.75, 3.05) is 5.32 Å². The minimum absolute atomic E-state index is 0.142. The summed E-state index contributed by atoms with van der Waals surface area (Å²) in [5.41, 5.74) is 2.30. The fourth-order valence-electron chi connectivity index (χ4n) is 1.95. The number of anilines is 1. The Kier molecular flexibility index (Phi) is 3.12. The highest BCUT2D eigenvalue weighted by Crippen LogP contribution is 2.20. The molecule has 3 heterocycles. The highest BCUT2D eigenvalue weighted by atomic mass is 16.1. The summed E-state index contributed by atoms with van der Waals surface area (Å²) in [4.78, 5) is 20.5. The molecular formula is C14H13N5O. The Hall–Kier alpha value is -2.76. The topological polar surface area (TPSA) is 83.6 Å². The Bertz CT molecular complexity index is 737. The number of carbonyl (C=O) groups is 1. The smallest absolute Gasteiger partial charge is 0.232 e. The molecule has 0 aliphatic rings. The number of fused-ring (bicyclic) bond motifs is 1. The lowest BCUT2D eigenvalue weighted by molar-refractivity contribution is -0.117. The summed E-state index contributed by atoms with van der Waals surface area (Å²) >= 11 is 0. The predicted molar refractivity (Wildman–Crippen MR) is 75.2 cm³/mol. The lowest BCUT2D eigenvalue weighted by Gasteiger charge is -2.10.